The molecule has 0 amide bonds. The van der Waals surface area contributed by atoms with Gasteiger partial charge in [0.2, 0.25) is 0 Å². The van der Waals surface area contributed by atoms with Crippen LogP contribution in [0.15, 0.2) is 382 Å². The molecule has 114 heavy (non-hydrogen) atoms. The van der Waals surface area contributed by atoms with E-state index in [1.807, 2.05) is 24.3 Å². The van der Waals surface area contributed by atoms with Crippen molar-refractivity contribution in [1.82, 2.24) is 0 Å². The monoisotopic (exact) mass is 1460 g/mol. The van der Waals surface area contributed by atoms with Gasteiger partial charge in [0, 0.05) is 89.7 Å². The molecule has 21 aromatic rings. The highest BCUT2D eigenvalue weighted by Gasteiger charge is 2.48. The van der Waals surface area contributed by atoms with E-state index < -0.39 is 10.8 Å². The maximum Gasteiger partial charge on any atom is 0.137 e. The summed E-state index contributed by atoms with van der Waals surface area (Å²) in [7, 11) is 0. The van der Waals surface area contributed by atoms with Gasteiger partial charge in [-0.25, -0.2) is 0 Å². The number of rotatable bonds is 12. The summed E-state index contributed by atoms with van der Waals surface area (Å²) in [4.78, 5) is 4.81. The van der Waals surface area contributed by atoms with E-state index in [0.717, 1.165) is 144 Å². The highest BCUT2D eigenvalue weighted by atomic mass is 16.3. The molecule has 0 saturated carbocycles. The topological polar surface area (TPSA) is 59.0 Å². The number of hydrogen-bond donors (Lipinski definition) is 0. The van der Waals surface area contributed by atoms with Crippen molar-refractivity contribution in [2.24, 2.45) is 0 Å². The largest absolute Gasteiger partial charge is 0.456 e. The van der Waals surface area contributed by atoms with Crippen LogP contribution in [0, 0.1) is 27.7 Å². The molecule has 0 unspecified atom stereocenters. The van der Waals surface area contributed by atoms with Gasteiger partial charge in [0.25, 0.3) is 0 Å². The van der Waals surface area contributed by atoms with Crippen LogP contribution in [-0.2, 0) is 10.8 Å². The van der Waals surface area contributed by atoms with Crippen LogP contribution in [-0.4, -0.2) is 0 Å². The Kier molecular flexibility index (Phi) is 14.4. The smallest absolute Gasteiger partial charge is 0.137 e. The number of benzene rings is 17. The molecule has 2 aliphatic rings. The lowest BCUT2D eigenvalue weighted by atomic mass is 9.67. The van der Waals surface area contributed by atoms with Gasteiger partial charge in [-0.15, -0.1) is 0 Å². The highest BCUT2D eigenvalue weighted by Crippen LogP contribution is 2.60. The SMILES string of the molecule is Cc1ccc(C2(c3ccc(C)cc3)c3ccccc3-c3ccc(N(c4ccc5cc(-c6cc7ccccc7o6)ccc5c4)c4ccc5c(c4)oc4cc6c(cc45)oc4cc(N(c5ccc7c(c5)C(c5ccc(C)cc5)(c5ccc(C)cc5)c5ccccc5-7)c5ccc7cc(-c8cc9ccccc9o8)ccc7c5)ccc46)cc32)cc1. The molecular weight excluding hydrogens is 1390 g/mol. The van der Waals surface area contributed by atoms with Crippen molar-refractivity contribution in [2.75, 3.05) is 9.80 Å². The molecule has 4 aromatic heterocycles. The first kappa shape index (κ1) is 65.4. The van der Waals surface area contributed by atoms with Crippen LogP contribution in [0.3, 0.4) is 0 Å². The predicted octanol–water partition coefficient (Wildman–Crippen LogP) is 29.5. The van der Waals surface area contributed by atoms with E-state index in [2.05, 4.69) is 377 Å². The summed E-state index contributed by atoms with van der Waals surface area (Å²) in [6.07, 6.45) is 0. The standard InChI is InChI=1S/C108H72N2O4/c1-65-21-35-77(36-22-65)107(78-37-23-66(2)24-38-78)95-17-9-7-15-87(95)89-49-45-83(59-97(89)107)109(81-43-33-69-53-75(31-29-71(69)55-81)101-57-73-13-5-11-19-99(73)111-101)85-47-51-91-93-63-106-94(64-105(93)113-103(91)61-85)92-52-48-86(62-104(92)114-106)110(82-44-34-70-54-76(32-30-72(70)56-82)102-58-74-14-6-12-20-100(74)112-102)84-46-50-90-88-16-8-10-18-96(88)108(98(90)60-84,79-39-25-67(3)26-40-79)80-41-27-68(4)28-42-80/h5-64H,1-4H3. The normalized spacial score (nSPS) is 13.2. The van der Waals surface area contributed by atoms with E-state index in [1.54, 1.807) is 0 Å². The van der Waals surface area contributed by atoms with Gasteiger partial charge < -0.3 is 27.5 Å². The summed E-state index contributed by atoms with van der Waals surface area (Å²) in [5, 5.41) is 10.5. The molecule has 0 atom stereocenters. The number of fused-ring (bicyclic) bond motifs is 16. The number of para-hydroxylation sites is 2. The van der Waals surface area contributed by atoms with Crippen molar-refractivity contribution in [2.45, 2.75) is 38.5 Å². The van der Waals surface area contributed by atoms with E-state index in [-0.39, 0.29) is 0 Å². The molecule has 0 fully saturated rings. The Morgan fingerprint density at radius 3 is 0.921 bits per heavy atom. The van der Waals surface area contributed by atoms with Crippen molar-refractivity contribution in [3.8, 4) is 44.9 Å². The lowest BCUT2D eigenvalue weighted by Gasteiger charge is -2.35. The van der Waals surface area contributed by atoms with Crippen molar-refractivity contribution < 1.29 is 17.7 Å². The highest BCUT2D eigenvalue weighted by molar-refractivity contribution is 6.16. The van der Waals surface area contributed by atoms with Crippen LogP contribution >= 0.6 is 0 Å². The van der Waals surface area contributed by atoms with Crippen molar-refractivity contribution in [1.29, 1.82) is 0 Å². The number of nitrogens with zero attached hydrogens (tertiary/aromatic N) is 2. The van der Waals surface area contributed by atoms with E-state index >= 15 is 0 Å². The van der Waals surface area contributed by atoms with Crippen molar-refractivity contribution in [3.05, 3.63) is 431 Å². The first-order valence-corrected chi connectivity index (χ1v) is 39.3. The molecule has 0 radical (unpaired) electrons. The molecule has 0 N–H and O–H groups in total. The summed E-state index contributed by atoms with van der Waals surface area (Å²) >= 11 is 0. The zero-order chi connectivity index (χ0) is 75.7. The second-order valence-electron chi connectivity index (χ2n) is 31.4. The van der Waals surface area contributed by atoms with Gasteiger partial charge in [-0.3, -0.25) is 0 Å². The number of furan rings is 4. The summed E-state index contributed by atoms with van der Waals surface area (Å²) in [6, 6.07) is 134. The molecule has 4 heterocycles. The fraction of sp³-hybridized carbons (Fsp3) is 0.0556. The van der Waals surface area contributed by atoms with E-state index in [1.165, 1.54) is 89.0 Å². The molecule has 6 heteroatoms. The van der Waals surface area contributed by atoms with Gasteiger partial charge in [-0.2, -0.15) is 0 Å². The lowest BCUT2D eigenvalue weighted by Crippen LogP contribution is -2.29. The number of anilines is 6. The third-order valence-corrected chi connectivity index (χ3v) is 24.6. The first-order valence-electron chi connectivity index (χ1n) is 39.3. The quantitative estimate of drug-likeness (QED) is 0.121. The van der Waals surface area contributed by atoms with E-state index in [4.69, 9.17) is 17.7 Å². The lowest BCUT2D eigenvalue weighted by molar-refractivity contribution is 0.631. The van der Waals surface area contributed by atoms with Gasteiger partial charge in [0.1, 0.15) is 45.0 Å². The summed E-state index contributed by atoms with van der Waals surface area (Å²) in [5.41, 5.74) is 31.3. The molecule has 2 aliphatic carbocycles. The first-order chi connectivity index (χ1) is 56.0. The van der Waals surface area contributed by atoms with Gasteiger partial charge in [-0.1, -0.05) is 253 Å². The maximum absolute atomic E-state index is 7.19. The van der Waals surface area contributed by atoms with Gasteiger partial charge in [0.15, 0.2) is 0 Å². The molecule has 0 saturated heterocycles. The Bertz CT molecular complexity index is 6930. The second kappa shape index (κ2) is 25.0. The minimum Gasteiger partial charge on any atom is -0.456 e. The number of hydrogen-bond acceptors (Lipinski definition) is 6. The molecule has 6 nitrogen and oxygen atoms in total. The molecular formula is C108H72N2O4. The van der Waals surface area contributed by atoms with Crippen molar-refractivity contribution in [3.63, 3.8) is 0 Å². The molecule has 538 valence electrons. The summed E-state index contributed by atoms with van der Waals surface area (Å²) in [5.74, 6) is 1.69. The fourth-order valence-corrected chi connectivity index (χ4v) is 19.1. The van der Waals surface area contributed by atoms with Gasteiger partial charge in [0.05, 0.1) is 10.8 Å². The molecule has 0 bridgehead atoms. The Morgan fingerprint density at radius 1 is 0.202 bits per heavy atom. The van der Waals surface area contributed by atoms with Crippen LogP contribution in [0.25, 0.3) is 132 Å². The zero-order valence-electron chi connectivity index (χ0n) is 63.2. The van der Waals surface area contributed by atoms with Gasteiger partial charge in [-0.05, 0) is 237 Å². The fourth-order valence-electron chi connectivity index (χ4n) is 19.1. The van der Waals surface area contributed by atoms with Crippen LogP contribution in [0.1, 0.15) is 66.8 Å². The van der Waals surface area contributed by atoms with E-state index in [0.29, 0.717) is 0 Å². The van der Waals surface area contributed by atoms with E-state index in [9.17, 15) is 0 Å². The third-order valence-electron chi connectivity index (χ3n) is 24.6. The predicted molar refractivity (Wildman–Crippen MR) is 469 cm³/mol. The van der Waals surface area contributed by atoms with Crippen LogP contribution < -0.4 is 9.80 Å². The molecule has 23 rings (SSSR count). The van der Waals surface area contributed by atoms with Crippen LogP contribution in [0.4, 0.5) is 34.1 Å². The average molecular weight is 1460 g/mol. The molecule has 0 aliphatic heterocycles. The Morgan fingerprint density at radius 2 is 0.518 bits per heavy atom. The zero-order valence-corrected chi connectivity index (χ0v) is 63.2. The van der Waals surface area contributed by atoms with Gasteiger partial charge >= 0.3 is 0 Å². The number of aryl methyl sites for hydroxylation is 4. The maximum atomic E-state index is 7.19. The van der Waals surface area contributed by atoms with Crippen LogP contribution in [0.2, 0.25) is 0 Å². The Labute approximate surface area is 658 Å². The summed E-state index contributed by atoms with van der Waals surface area (Å²) in [6.45, 7) is 8.68. The average Bonchev–Trinajstić information content (AvgIpc) is 1.53. The Balaban J connectivity index is 0.667. The molecule has 0 spiro atoms. The van der Waals surface area contributed by atoms with Crippen LogP contribution in [0.5, 0.6) is 0 Å². The third kappa shape index (κ3) is 10.00. The second-order valence-corrected chi connectivity index (χ2v) is 31.4. The minimum atomic E-state index is -0.620. The molecule has 17 aromatic carbocycles. The Hall–Kier alpha value is -14.5. The summed E-state index contributed by atoms with van der Waals surface area (Å²) < 4.78 is 27.2. The van der Waals surface area contributed by atoms with Crippen molar-refractivity contribution >= 4 is 121 Å². The minimum absolute atomic E-state index is 0.620.